The zero-order chi connectivity index (χ0) is 72.0. The van der Waals surface area contributed by atoms with Crippen molar-refractivity contribution in [3.05, 3.63) is 154 Å². The number of fused-ring (bicyclic) bond motifs is 8. The van der Waals surface area contributed by atoms with E-state index in [1.807, 2.05) is 30.9 Å². The van der Waals surface area contributed by atoms with Crippen LogP contribution in [0.4, 0.5) is 0 Å². The summed E-state index contributed by atoms with van der Waals surface area (Å²) in [5, 5.41) is 19.3. The van der Waals surface area contributed by atoms with Crippen LogP contribution in [-0.2, 0) is 45.6 Å². The van der Waals surface area contributed by atoms with Gasteiger partial charge in [-0.05, 0) is 263 Å². The molecule has 4 saturated heterocycles. The van der Waals surface area contributed by atoms with Crippen molar-refractivity contribution in [1.29, 1.82) is 0 Å². The Morgan fingerprint density at radius 3 is 1.34 bits per heavy atom. The van der Waals surface area contributed by atoms with Crippen LogP contribution in [0.5, 0.6) is 0 Å². The Morgan fingerprint density at radius 1 is 0.525 bits per heavy atom. The number of carboxylic acid groups (broad SMARTS) is 1. The predicted octanol–water partition coefficient (Wildman–Crippen LogP) is 16.6. The van der Waals surface area contributed by atoms with E-state index in [2.05, 4.69) is 174 Å². The average molecular weight is 1390 g/mol. The molecule has 4 spiro atoms. The topological polar surface area (TPSA) is 158 Å². The lowest BCUT2D eigenvalue weighted by Gasteiger charge is -2.42. The third kappa shape index (κ3) is 19.6. The first-order valence-electron chi connectivity index (χ1n) is 39.8. The van der Waals surface area contributed by atoms with Gasteiger partial charge < -0.3 is 40.7 Å². The van der Waals surface area contributed by atoms with Crippen LogP contribution in [0.1, 0.15) is 278 Å². The van der Waals surface area contributed by atoms with Gasteiger partial charge in [0.15, 0.2) is 0 Å². The van der Waals surface area contributed by atoms with E-state index in [0.29, 0.717) is 17.9 Å². The number of nitrogens with zero attached hydrogens (tertiary/aromatic N) is 5. The van der Waals surface area contributed by atoms with Crippen LogP contribution in [0.25, 0.3) is 0 Å². The highest BCUT2D eigenvalue weighted by Gasteiger charge is 2.51. The van der Waals surface area contributed by atoms with E-state index in [9.17, 15) is 29.1 Å². The van der Waals surface area contributed by atoms with Gasteiger partial charge >= 0.3 is 5.97 Å². The first-order valence-corrected chi connectivity index (χ1v) is 39.8. The third-order valence-electron chi connectivity index (χ3n) is 24.8. The maximum Gasteiger partial charge on any atom is 0.311 e. The summed E-state index contributed by atoms with van der Waals surface area (Å²) >= 11 is 0. The molecule has 9 aliphatic rings. The van der Waals surface area contributed by atoms with E-state index < -0.39 is 5.97 Å². The van der Waals surface area contributed by atoms with Crippen molar-refractivity contribution in [1.82, 2.24) is 40.4 Å². The molecule has 14 heteroatoms. The number of benzene rings is 4. The van der Waals surface area contributed by atoms with Crippen LogP contribution in [0, 0.1) is 17.3 Å². The van der Waals surface area contributed by atoms with Crippen LogP contribution in [0.3, 0.4) is 0 Å². The largest absolute Gasteiger partial charge is 0.481 e. The van der Waals surface area contributed by atoms with E-state index in [1.165, 1.54) is 142 Å². The van der Waals surface area contributed by atoms with E-state index in [1.54, 1.807) is 13.8 Å². The standard InChI is InChI=1S/C25H38N2O.C22H32N2O.C21H31N3O2.C19H27NO2.4H2/c1-3-4-5-6-7-8-9-12-17-27-18-15-25(16-19-27)20-24(26-21(2)28)22-13-10-11-14-23(22)25;1-16(2)9-12-24-13-10-22(11-14-24)15-20(23-21(25)17-7-8-17)18-5-3-4-6-19(18)22;1-4-24(5-2)20(26)15-23-12-10-21(11-13-23)14-19(22-16(3)25)17-8-6-7-9-18(17)21;1-18(2,3)13-20-10-8-19(9-11-20)12-15(17(21)22)14-6-4-5-7-16(14)19;;;;/h4-5,10-11,13-14,24H,3,6-9,12,15-20H2,1-2H3,(H,26,28);3-6,16-17,20H,7-15H2,1-2H3,(H,23,25);6-9,19H,4-5,10-15H2,1-3H3,(H,22,25);4-7,15H,8-13H2,1-3H3,(H,21,22);4*1H/b5-4-;;;;;;;/t24-;20-;19-;;;;;/m000...../s1. The number of carboxylic acids is 1. The first kappa shape index (κ1) is 77.4. The van der Waals surface area contributed by atoms with E-state index in [4.69, 9.17) is 0 Å². The van der Waals surface area contributed by atoms with E-state index in [0.717, 1.165) is 128 Å². The smallest absolute Gasteiger partial charge is 0.311 e. The maximum absolute atomic E-state index is 12.4. The third-order valence-corrected chi connectivity index (χ3v) is 24.8. The van der Waals surface area contributed by atoms with Gasteiger partial charge in [0.25, 0.3) is 0 Å². The lowest BCUT2D eigenvalue weighted by molar-refractivity contribution is -0.139. The molecular weight excluding hydrogens is 1250 g/mol. The number of likely N-dealkylation sites (tertiary alicyclic amines) is 4. The zero-order valence-electron chi connectivity index (χ0n) is 63.8. The molecule has 4 amide bonds. The quantitative estimate of drug-likeness (QED) is 0.0467. The minimum atomic E-state index is -0.665. The number of carbonyl (C=O) groups excluding carboxylic acids is 4. The molecule has 13 rings (SSSR count). The van der Waals surface area contributed by atoms with Gasteiger partial charge in [-0.1, -0.05) is 164 Å². The SMILES string of the molecule is CC(C)(C)CN1CCC2(CC1)CC(C(=O)O)c1ccccc12.CC(C)CCN1CCC2(CC1)C[C@H](NC(=O)C1CC1)c1ccccc12.CC/C=C\CCCCCCN1CCC2(CC1)C[C@H](NC(C)=O)c1ccccc12.CCN(CC)C(=O)CN1CCC2(CC1)C[C@H](NC(C)=O)c1ccccc12.[HH].[HH].[HH].[HH]. The lowest BCUT2D eigenvalue weighted by Crippen LogP contribution is -2.47. The van der Waals surface area contributed by atoms with Crippen molar-refractivity contribution in [2.75, 3.05) is 91.6 Å². The Bertz CT molecular complexity index is 3430. The van der Waals surface area contributed by atoms with Gasteiger partial charge in [0.2, 0.25) is 23.6 Å². The number of amides is 4. The highest BCUT2D eigenvalue weighted by atomic mass is 16.4. The van der Waals surface area contributed by atoms with Crippen molar-refractivity contribution < 1.29 is 34.8 Å². The zero-order valence-corrected chi connectivity index (χ0v) is 63.8. The highest BCUT2D eigenvalue weighted by Crippen LogP contribution is 2.55. The Labute approximate surface area is 614 Å². The number of hydrogen-bond acceptors (Lipinski definition) is 9. The summed E-state index contributed by atoms with van der Waals surface area (Å²) in [6.45, 7) is 35.5. The molecule has 0 aromatic heterocycles. The monoisotopic (exact) mass is 1390 g/mol. The van der Waals surface area contributed by atoms with E-state index in [-0.39, 0.29) is 75.0 Å². The molecule has 14 nitrogen and oxygen atoms in total. The summed E-state index contributed by atoms with van der Waals surface area (Å²) in [7, 11) is 0. The van der Waals surface area contributed by atoms with Gasteiger partial charge in [-0.15, -0.1) is 0 Å². The van der Waals surface area contributed by atoms with Crippen molar-refractivity contribution in [2.24, 2.45) is 17.3 Å². The van der Waals surface area contributed by atoms with Crippen LogP contribution >= 0.6 is 0 Å². The van der Waals surface area contributed by atoms with Gasteiger partial charge in [0.1, 0.15) is 0 Å². The first-order chi connectivity index (χ1) is 48.5. The fraction of sp³-hybridized carbons (Fsp3) is 0.644. The van der Waals surface area contributed by atoms with Crippen molar-refractivity contribution in [2.45, 2.75) is 250 Å². The summed E-state index contributed by atoms with van der Waals surface area (Å²) in [6.07, 6.45) is 29.0. The van der Waals surface area contributed by atoms with Crippen LogP contribution in [0.2, 0.25) is 0 Å². The van der Waals surface area contributed by atoms with Gasteiger partial charge in [-0.25, -0.2) is 0 Å². The van der Waals surface area contributed by atoms with Crippen molar-refractivity contribution in [3.63, 3.8) is 0 Å². The fourth-order valence-electron chi connectivity index (χ4n) is 19.1. The number of aliphatic carboxylic acids is 1. The fourth-order valence-corrected chi connectivity index (χ4v) is 19.1. The maximum atomic E-state index is 12.4. The van der Waals surface area contributed by atoms with Gasteiger partial charge in [-0.3, -0.25) is 28.9 Å². The molecule has 1 unspecified atom stereocenters. The minimum Gasteiger partial charge on any atom is -0.481 e. The number of hydrogen-bond donors (Lipinski definition) is 4. The second-order valence-corrected chi connectivity index (χ2v) is 33.6. The molecule has 4 heterocycles. The summed E-state index contributed by atoms with van der Waals surface area (Å²) in [4.78, 5) is 71.7. The molecule has 5 aliphatic carbocycles. The molecule has 1 saturated carbocycles. The number of piperidine rings is 4. The van der Waals surface area contributed by atoms with Gasteiger partial charge in [0.05, 0.1) is 30.6 Å². The number of likely N-dealkylation sites (N-methyl/N-ethyl adjacent to an activating group) is 1. The van der Waals surface area contributed by atoms with Crippen LogP contribution in [0.15, 0.2) is 109 Å². The van der Waals surface area contributed by atoms with Crippen LogP contribution < -0.4 is 16.0 Å². The second-order valence-electron chi connectivity index (χ2n) is 33.6. The van der Waals surface area contributed by atoms with Crippen molar-refractivity contribution >= 4 is 29.6 Å². The number of allylic oxidation sites excluding steroid dienone is 2. The Kier molecular flexibility index (Phi) is 26.9. The summed E-state index contributed by atoms with van der Waals surface area (Å²) in [5.41, 5.74) is 11.9. The Morgan fingerprint density at radius 2 is 0.921 bits per heavy atom. The molecule has 101 heavy (non-hydrogen) atoms. The Balaban J connectivity index is 0.000000217. The minimum absolute atomic E-state index is 0. The molecule has 4 aliphatic heterocycles. The predicted molar refractivity (Wildman–Crippen MR) is 419 cm³/mol. The molecule has 4 aromatic rings. The summed E-state index contributed by atoms with van der Waals surface area (Å²) in [6, 6.07) is 35.0. The average Bonchev–Trinajstić information content (AvgIpc) is 1.62. The summed E-state index contributed by atoms with van der Waals surface area (Å²) < 4.78 is 0. The van der Waals surface area contributed by atoms with Crippen LogP contribution in [-0.4, -0.2) is 151 Å². The molecule has 5 fully saturated rings. The number of nitrogens with one attached hydrogen (secondary N) is 3. The molecular formula is C87H136N8O6. The van der Waals surface area contributed by atoms with Gasteiger partial charge in [0, 0.05) is 61.4 Å². The normalized spacial score (nSPS) is 23.0. The molecule has 4 atom stereocenters. The molecule has 4 N–H and O–H groups in total. The second kappa shape index (κ2) is 35.1. The molecule has 560 valence electrons. The summed E-state index contributed by atoms with van der Waals surface area (Å²) in [5.74, 6) is 0.724. The molecule has 0 bridgehead atoms. The van der Waals surface area contributed by atoms with Gasteiger partial charge in [-0.2, -0.15) is 0 Å². The molecule has 4 aromatic carbocycles. The van der Waals surface area contributed by atoms with E-state index >= 15 is 0 Å². The number of carbonyl (C=O) groups is 5. The number of rotatable bonds is 21. The Hall–Kier alpha value is -6.19. The number of unbranched alkanes of at least 4 members (excludes halogenated alkanes) is 4. The lowest BCUT2D eigenvalue weighted by atomic mass is 9.73. The highest BCUT2D eigenvalue weighted by molar-refractivity contribution is 5.82. The molecule has 0 radical (unpaired) electrons. The van der Waals surface area contributed by atoms with Crippen molar-refractivity contribution in [3.8, 4) is 0 Å².